The molecule has 0 amide bonds. The maximum atomic E-state index is 11.5. The van der Waals surface area contributed by atoms with Crippen molar-refractivity contribution in [2.75, 3.05) is 0 Å². The van der Waals surface area contributed by atoms with Crippen LogP contribution in [0.5, 0.6) is 0 Å². The van der Waals surface area contributed by atoms with Gasteiger partial charge in [-0.05, 0) is 37.1 Å². The number of imidazole rings is 1. The first-order valence-electron chi connectivity index (χ1n) is 6.36. The van der Waals surface area contributed by atoms with Crippen LogP contribution in [0.2, 0.25) is 0 Å². The number of hydrogen-bond acceptors (Lipinski definition) is 2. The van der Waals surface area contributed by atoms with E-state index in [-0.39, 0.29) is 0 Å². The Morgan fingerprint density at radius 1 is 1.10 bits per heavy atom. The molecule has 0 saturated carbocycles. The van der Waals surface area contributed by atoms with E-state index in [4.69, 9.17) is 0 Å². The van der Waals surface area contributed by atoms with Gasteiger partial charge in [0.15, 0.2) is 0 Å². The highest BCUT2D eigenvalue weighted by molar-refractivity contribution is 5.98. The number of para-hydroxylation sites is 2. The predicted octanol–water partition coefficient (Wildman–Crippen LogP) is 3.54. The molecule has 0 atom stereocenters. The van der Waals surface area contributed by atoms with E-state index in [1.54, 1.807) is 6.92 Å². The lowest BCUT2D eigenvalue weighted by molar-refractivity contribution is 0.0697. The maximum absolute atomic E-state index is 11.5. The van der Waals surface area contributed by atoms with Crippen LogP contribution in [0.15, 0.2) is 36.4 Å². The Morgan fingerprint density at radius 2 is 1.80 bits per heavy atom. The molecule has 0 saturated heterocycles. The summed E-state index contributed by atoms with van der Waals surface area (Å²) in [6.45, 7) is 3.70. The second kappa shape index (κ2) is 4.49. The van der Waals surface area contributed by atoms with E-state index < -0.39 is 5.97 Å². The molecule has 20 heavy (non-hydrogen) atoms. The highest BCUT2D eigenvalue weighted by Gasteiger charge is 2.19. The van der Waals surface area contributed by atoms with E-state index >= 15 is 0 Å². The number of rotatable bonds is 2. The first kappa shape index (κ1) is 12.4. The van der Waals surface area contributed by atoms with E-state index in [9.17, 15) is 9.90 Å². The minimum absolute atomic E-state index is 0.309. The lowest BCUT2D eigenvalue weighted by Gasteiger charge is -2.10. The molecule has 0 unspecified atom stereocenters. The third kappa shape index (κ3) is 1.86. The quantitative estimate of drug-likeness (QED) is 0.745. The summed E-state index contributed by atoms with van der Waals surface area (Å²) in [6.07, 6.45) is 0. The Hall–Kier alpha value is -2.62. The fourth-order valence-electron chi connectivity index (χ4n) is 2.46. The summed E-state index contributed by atoms with van der Waals surface area (Å²) < 4.78 is 0. The Kier molecular flexibility index (Phi) is 2.79. The summed E-state index contributed by atoms with van der Waals surface area (Å²) in [7, 11) is 0. The molecule has 2 N–H and O–H groups in total. The summed E-state index contributed by atoms with van der Waals surface area (Å²) in [4.78, 5) is 19.3. The number of nitrogens with one attached hydrogen (secondary N) is 1. The molecule has 0 fully saturated rings. The molecule has 0 radical (unpaired) electrons. The molecule has 0 bridgehead atoms. The van der Waals surface area contributed by atoms with Crippen molar-refractivity contribution in [3.05, 3.63) is 53.1 Å². The van der Waals surface area contributed by atoms with Crippen LogP contribution in [0.3, 0.4) is 0 Å². The molecular formula is C16H14N2O2. The Balaban J connectivity index is 2.33. The first-order valence-corrected chi connectivity index (χ1v) is 6.36. The van der Waals surface area contributed by atoms with Gasteiger partial charge in [-0.2, -0.15) is 0 Å². The number of fused-ring (bicyclic) bond motifs is 1. The minimum atomic E-state index is -0.929. The lowest BCUT2D eigenvalue weighted by atomic mass is 9.97. The van der Waals surface area contributed by atoms with E-state index in [1.165, 1.54) is 0 Å². The van der Waals surface area contributed by atoms with Gasteiger partial charge in [-0.25, -0.2) is 9.78 Å². The predicted molar refractivity (Wildman–Crippen MR) is 78.0 cm³/mol. The van der Waals surface area contributed by atoms with Gasteiger partial charge < -0.3 is 10.1 Å². The zero-order valence-corrected chi connectivity index (χ0v) is 11.3. The number of hydrogen-bond donors (Lipinski definition) is 2. The summed E-state index contributed by atoms with van der Waals surface area (Å²) in [6, 6.07) is 11.4. The van der Waals surface area contributed by atoms with E-state index in [0.29, 0.717) is 17.0 Å². The van der Waals surface area contributed by atoms with Crippen molar-refractivity contribution in [3.8, 4) is 11.4 Å². The van der Waals surface area contributed by atoms with Gasteiger partial charge in [-0.1, -0.05) is 24.3 Å². The number of nitrogens with zero attached hydrogens (tertiary/aromatic N) is 1. The monoisotopic (exact) mass is 266 g/mol. The van der Waals surface area contributed by atoms with E-state index in [2.05, 4.69) is 9.97 Å². The number of carboxylic acid groups (broad SMARTS) is 1. The third-order valence-corrected chi connectivity index (χ3v) is 3.46. The van der Waals surface area contributed by atoms with E-state index in [0.717, 1.165) is 22.2 Å². The highest BCUT2D eigenvalue weighted by Crippen LogP contribution is 2.29. The number of benzene rings is 2. The molecule has 4 heteroatoms. The zero-order chi connectivity index (χ0) is 14.3. The molecule has 4 nitrogen and oxygen atoms in total. The van der Waals surface area contributed by atoms with Crippen LogP contribution < -0.4 is 0 Å². The smallest absolute Gasteiger partial charge is 0.336 e. The van der Waals surface area contributed by atoms with Crippen LogP contribution in [0.1, 0.15) is 21.5 Å². The fourth-order valence-corrected chi connectivity index (χ4v) is 2.46. The van der Waals surface area contributed by atoms with Crippen molar-refractivity contribution in [2.45, 2.75) is 13.8 Å². The zero-order valence-electron chi connectivity index (χ0n) is 11.3. The molecule has 0 aliphatic carbocycles. The summed E-state index contributed by atoms with van der Waals surface area (Å²) in [5, 5.41) is 9.47. The summed E-state index contributed by atoms with van der Waals surface area (Å²) in [5.74, 6) is -0.327. The molecule has 0 aliphatic heterocycles. The fraction of sp³-hybridized carbons (Fsp3) is 0.125. The van der Waals surface area contributed by atoms with Gasteiger partial charge in [0, 0.05) is 5.56 Å². The van der Waals surface area contributed by atoms with Crippen molar-refractivity contribution >= 4 is 17.0 Å². The van der Waals surface area contributed by atoms with Crippen molar-refractivity contribution in [2.24, 2.45) is 0 Å². The Bertz CT molecular complexity index is 785. The number of H-pyrrole nitrogens is 1. The molecule has 1 heterocycles. The molecule has 3 rings (SSSR count). The number of aromatic carboxylic acids is 1. The second-order valence-corrected chi connectivity index (χ2v) is 4.86. The van der Waals surface area contributed by atoms with Crippen LogP contribution in [-0.4, -0.2) is 21.0 Å². The van der Waals surface area contributed by atoms with Crippen molar-refractivity contribution in [1.82, 2.24) is 9.97 Å². The van der Waals surface area contributed by atoms with Crippen molar-refractivity contribution in [3.63, 3.8) is 0 Å². The number of carboxylic acids is 1. The normalized spacial score (nSPS) is 10.9. The molecule has 100 valence electrons. The maximum Gasteiger partial charge on any atom is 0.336 e. The lowest BCUT2D eigenvalue weighted by Crippen LogP contribution is -2.05. The number of aromatic amines is 1. The van der Waals surface area contributed by atoms with Crippen LogP contribution in [0.25, 0.3) is 22.4 Å². The molecule has 3 aromatic rings. The van der Waals surface area contributed by atoms with Gasteiger partial charge in [-0.15, -0.1) is 0 Å². The molecule has 1 aromatic heterocycles. The second-order valence-electron chi connectivity index (χ2n) is 4.86. The minimum Gasteiger partial charge on any atom is -0.478 e. The van der Waals surface area contributed by atoms with Gasteiger partial charge in [0.1, 0.15) is 5.82 Å². The average molecular weight is 266 g/mol. The van der Waals surface area contributed by atoms with Crippen LogP contribution >= 0.6 is 0 Å². The van der Waals surface area contributed by atoms with Gasteiger partial charge in [-0.3, -0.25) is 0 Å². The van der Waals surface area contributed by atoms with Crippen LogP contribution in [0, 0.1) is 13.8 Å². The van der Waals surface area contributed by atoms with Crippen LogP contribution in [-0.2, 0) is 0 Å². The largest absolute Gasteiger partial charge is 0.478 e. The third-order valence-electron chi connectivity index (χ3n) is 3.46. The van der Waals surface area contributed by atoms with Crippen molar-refractivity contribution in [1.29, 1.82) is 0 Å². The molecule has 0 spiro atoms. The Labute approximate surface area is 116 Å². The van der Waals surface area contributed by atoms with Gasteiger partial charge in [0.05, 0.1) is 16.6 Å². The number of aromatic nitrogens is 2. The Morgan fingerprint density at radius 3 is 2.50 bits per heavy atom. The molecule has 0 aliphatic rings. The molecular weight excluding hydrogens is 252 g/mol. The van der Waals surface area contributed by atoms with Gasteiger partial charge >= 0.3 is 5.97 Å². The number of aryl methyl sites for hydroxylation is 2. The van der Waals surface area contributed by atoms with Crippen LogP contribution in [0.4, 0.5) is 0 Å². The SMILES string of the molecule is Cc1ccc(C)c(-c2nc3ccccc3[nH]2)c1C(=O)O. The average Bonchev–Trinajstić information content (AvgIpc) is 2.83. The number of carbonyl (C=O) groups is 1. The molecule has 2 aromatic carbocycles. The van der Waals surface area contributed by atoms with Gasteiger partial charge in [0.2, 0.25) is 0 Å². The summed E-state index contributed by atoms with van der Waals surface area (Å²) >= 11 is 0. The van der Waals surface area contributed by atoms with Crippen molar-refractivity contribution < 1.29 is 9.90 Å². The summed E-state index contributed by atoms with van der Waals surface area (Å²) in [5.41, 5.74) is 4.34. The highest BCUT2D eigenvalue weighted by atomic mass is 16.4. The van der Waals surface area contributed by atoms with E-state index in [1.807, 2.05) is 43.3 Å². The first-order chi connectivity index (χ1) is 9.58. The standard InChI is InChI=1S/C16H14N2O2/c1-9-7-8-10(2)14(16(19)20)13(9)15-17-11-5-3-4-6-12(11)18-15/h3-8H,1-2H3,(H,17,18)(H,19,20). The topological polar surface area (TPSA) is 66.0 Å². The van der Waals surface area contributed by atoms with Gasteiger partial charge in [0.25, 0.3) is 0 Å².